The van der Waals surface area contributed by atoms with Crippen molar-refractivity contribution in [1.82, 2.24) is 4.72 Å². The van der Waals surface area contributed by atoms with Crippen LogP contribution in [0.5, 0.6) is 0 Å². The summed E-state index contributed by atoms with van der Waals surface area (Å²) in [6, 6.07) is 6.15. The van der Waals surface area contributed by atoms with Crippen LogP contribution in [0.1, 0.15) is 15.2 Å². The first kappa shape index (κ1) is 16.8. The number of thiophene rings is 1. The molecule has 118 valence electrons. The van der Waals surface area contributed by atoms with Gasteiger partial charge in [-0.2, -0.15) is 0 Å². The van der Waals surface area contributed by atoms with Gasteiger partial charge in [-0.25, -0.2) is 17.9 Å². The molecule has 0 radical (unpaired) electrons. The summed E-state index contributed by atoms with van der Waals surface area (Å²) in [5.41, 5.74) is 6.65. The van der Waals surface area contributed by atoms with Gasteiger partial charge in [0.25, 0.3) is 0 Å². The molecule has 9 heteroatoms. The van der Waals surface area contributed by atoms with Gasteiger partial charge in [-0.05, 0) is 29.1 Å². The van der Waals surface area contributed by atoms with Gasteiger partial charge in [0.15, 0.2) is 0 Å². The van der Waals surface area contributed by atoms with Crippen LogP contribution in [0.2, 0.25) is 5.02 Å². The molecule has 1 heterocycles. The average Bonchev–Trinajstić information content (AvgIpc) is 2.96. The molecule has 0 unspecified atom stereocenters. The number of halogens is 1. The third kappa shape index (κ3) is 3.58. The summed E-state index contributed by atoms with van der Waals surface area (Å²) in [4.78, 5) is 11.5. The number of methoxy groups -OCH3 is 1. The Morgan fingerprint density at radius 2 is 2.14 bits per heavy atom. The maximum Gasteiger partial charge on any atom is 0.349 e. The van der Waals surface area contributed by atoms with Crippen molar-refractivity contribution in [2.75, 3.05) is 12.8 Å². The molecule has 0 saturated heterocycles. The van der Waals surface area contributed by atoms with Gasteiger partial charge in [0.2, 0.25) is 10.0 Å². The van der Waals surface area contributed by atoms with Crippen molar-refractivity contribution in [1.29, 1.82) is 0 Å². The van der Waals surface area contributed by atoms with E-state index in [1.807, 2.05) is 0 Å². The number of esters is 1. The van der Waals surface area contributed by atoms with Gasteiger partial charge in [-0.3, -0.25) is 0 Å². The van der Waals surface area contributed by atoms with Crippen LogP contribution >= 0.6 is 22.9 Å². The smallest absolute Gasteiger partial charge is 0.349 e. The molecule has 2 aromatic rings. The van der Waals surface area contributed by atoms with Gasteiger partial charge in [-0.15, -0.1) is 11.3 Å². The van der Waals surface area contributed by atoms with E-state index in [4.69, 9.17) is 17.3 Å². The maximum absolute atomic E-state index is 12.3. The Hall–Kier alpha value is -1.61. The first-order valence-electron chi connectivity index (χ1n) is 6.04. The minimum Gasteiger partial charge on any atom is -0.465 e. The number of nitrogens with one attached hydrogen (secondary N) is 1. The van der Waals surface area contributed by atoms with Crippen LogP contribution in [0, 0.1) is 0 Å². The van der Waals surface area contributed by atoms with Gasteiger partial charge < -0.3 is 10.5 Å². The van der Waals surface area contributed by atoms with Crippen molar-refractivity contribution in [2.45, 2.75) is 11.4 Å². The summed E-state index contributed by atoms with van der Waals surface area (Å²) in [6.45, 7) is -0.0160. The SMILES string of the molecule is COC(=O)c1sccc1S(=O)(=O)NCc1ccc(N)cc1Cl. The number of hydrogen-bond donors (Lipinski definition) is 2. The normalized spacial score (nSPS) is 11.4. The van der Waals surface area contributed by atoms with Crippen molar-refractivity contribution in [3.8, 4) is 0 Å². The van der Waals surface area contributed by atoms with Crippen molar-refractivity contribution in [3.63, 3.8) is 0 Å². The van der Waals surface area contributed by atoms with E-state index in [1.165, 1.54) is 24.6 Å². The van der Waals surface area contributed by atoms with Crippen LogP contribution < -0.4 is 10.5 Å². The number of sulfonamides is 1. The molecule has 2 rings (SSSR count). The van der Waals surface area contributed by atoms with Crippen LogP contribution in [0.3, 0.4) is 0 Å². The van der Waals surface area contributed by atoms with Gasteiger partial charge in [0.1, 0.15) is 9.77 Å². The standard InChI is InChI=1S/C13H13ClN2O4S2/c1-20-13(17)12-11(4-5-21-12)22(18,19)16-7-8-2-3-9(15)6-10(8)14/h2-6,16H,7,15H2,1H3. The highest BCUT2D eigenvalue weighted by molar-refractivity contribution is 7.89. The van der Waals surface area contributed by atoms with Crippen molar-refractivity contribution in [2.24, 2.45) is 0 Å². The largest absolute Gasteiger partial charge is 0.465 e. The predicted molar refractivity (Wildman–Crippen MR) is 85.5 cm³/mol. The molecule has 22 heavy (non-hydrogen) atoms. The third-order valence-electron chi connectivity index (χ3n) is 2.82. The minimum atomic E-state index is -3.86. The minimum absolute atomic E-state index is 0.0160. The number of carbonyl (C=O) groups excluding carboxylic acids is 1. The molecule has 0 aliphatic carbocycles. The van der Waals surface area contributed by atoms with E-state index in [1.54, 1.807) is 12.1 Å². The van der Waals surface area contributed by atoms with Gasteiger partial charge in [-0.1, -0.05) is 17.7 Å². The number of nitrogen functional groups attached to an aromatic ring is 1. The third-order valence-corrected chi connectivity index (χ3v) is 5.64. The highest BCUT2D eigenvalue weighted by atomic mass is 35.5. The Bertz CT molecular complexity index is 802. The Morgan fingerprint density at radius 3 is 2.77 bits per heavy atom. The molecule has 1 aromatic heterocycles. The Balaban J connectivity index is 2.22. The maximum atomic E-state index is 12.3. The molecule has 0 saturated carbocycles. The lowest BCUT2D eigenvalue weighted by Gasteiger charge is -2.09. The summed E-state index contributed by atoms with van der Waals surface area (Å²) in [5, 5.41) is 1.87. The summed E-state index contributed by atoms with van der Waals surface area (Å²) in [7, 11) is -2.66. The molecule has 0 bridgehead atoms. The van der Waals surface area contributed by atoms with Crippen LogP contribution in [-0.2, 0) is 21.3 Å². The number of anilines is 1. The monoisotopic (exact) mass is 360 g/mol. The van der Waals surface area contributed by atoms with E-state index in [0.29, 0.717) is 16.3 Å². The molecule has 3 N–H and O–H groups in total. The highest BCUT2D eigenvalue weighted by Crippen LogP contribution is 2.24. The fourth-order valence-corrected chi connectivity index (χ4v) is 4.30. The summed E-state index contributed by atoms with van der Waals surface area (Å²) in [6.07, 6.45) is 0. The zero-order chi connectivity index (χ0) is 16.3. The number of benzene rings is 1. The lowest BCUT2D eigenvalue weighted by Crippen LogP contribution is -2.24. The molecule has 6 nitrogen and oxygen atoms in total. The fraction of sp³-hybridized carbons (Fsp3) is 0.154. The molecule has 0 amide bonds. The molecule has 0 fully saturated rings. The molecule has 0 atom stereocenters. The highest BCUT2D eigenvalue weighted by Gasteiger charge is 2.24. The number of nitrogens with two attached hydrogens (primary N) is 1. The van der Waals surface area contributed by atoms with Gasteiger partial charge in [0, 0.05) is 17.3 Å². The fourth-order valence-electron chi connectivity index (χ4n) is 1.71. The summed E-state index contributed by atoms with van der Waals surface area (Å²) >= 11 is 7.00. The summed E-state index contributed by atoms with van der Waals surface area (Å²) in [5.74, 6) is -0.694. The second-order valence-electron chi connectivity index (χ2n) is 4.28. The Kier molecular flexibility index (Phi) is 5.07. The second kappa shape index (κ2) is 6.66. The molecular formula is C13H13ClN2O4S2. The average molecular weight is 361 g/mol. The van der Waals surface area contributed by atoms with E-state index in [-0.39, 0.29) is 16.3 Å². The zero-order valence-corrected chi connectivity index (χ0v) is 13.9. The first-order chi connectivity index (χ1) is 10.3. The quantitative estimate of drug-likeness (QED) is 0.629. The first-order valence-corrected chi connectivity index (χ1v) is 8.78. The number of hydrogen-bond acceptors (Lipinski definition) is 6. The lowest BCUT2D eigenvalue weighted by molar-refractivity contribution is 0.0602. The van der Waals surface area contributed by atoms with Gasteiger partial charge >= 0.3 is 5.97 Å². The van der Waals surface area contributed by atoms with Crippen molar-refractivity contribution >= 4 is 44.6 Å². The van der Waals surface area contributed by atoms with Crippen LogP contribution in [-0.4, -0.2) is 21.5 Å². The number of rotatable bonds is 5. The van der Waals surface area contributed by atoms with E-state index < -0.39 is 16.0 Å². The van der Waals surface area contributed by atoms with Crippen molar-refractivity contribution < 1.29 is 17.9 Å². The lowest BCUT2D eigenvalue weighted by atomic mass is 10.2. The number of carbonyl (C=O) groups is 1. The molecule has 1 aromatic carbocycles. The predicted octanol–water partition coefficient (Wildman–Crippen LogP) is 2.25. The van der Waals surface area contributed by atoms with Gasteiger partial charge in [0.05, 0.1) is 7.11 Å². The van der Waals surface area contributed by atoms with Crippen molar-refractivity contribution in [3.05, 3.63) is 45.1 Å². The van der Waals surface area contributed by atoms with Crippen LogP contribution in [0.4, 0.5) is 5.69 Å². The van der Waals surface area contributed by atoms with Crippen LogP contribution in [0.25, 0.3) is 0 Å². The topological polar surface area (TPSA) is 98.5 Å². The summed E-state index contributed by atoms with van der Waals surface area (Å²) < 4.78 is 31.6. The Morgan fingerprint density at radius 1 is 1.41 bits per heavy atom. The van der Waals surface area contributed by atoms with E-state index in [2.05, 4.69) is 9.46 Å². The number of ether oxygens (including phenoxy) is 1. The Labute approximate surface area is 136 Å². The van der Waals surface area contributed by atoms with E-state index in [0.717, 1.165) is 11.3 Å². The van der Waals surface area contributed by atoms with E-state index in [9.17, 15) is 13.2 Å². The second-order valence-corrected chi connectivity index (χ2v) is 7.34. The molecule has 0 spiro atoms. The molecule has 0 aliphatic heterocycles. The molecule has 0 aliphatic rings. The van der Waals surface area contributed by atoms with E-state index >= 15 is 0 Å². The zero-order valence-electron chi connectivity index (χ0n) is 11.5. The molecular weight excluding hydrogens is 348 g/mol. The van der Waals surface area contributed by atoms with Crippen LogP contribution in [0.15, 0.2) is 34.5 Å².